The predicted molar refractivity (Wildman–Crippen MR) is 48.2 cm³/mol. The van der Waals surface area contributed by atoms with Gasteiger partial charge < -0.3 is 14.5 Å². The first-order chi connectivity index (χ1) is 6.60. The molecule has 0 atom stereocenters. The molecule has 14 heavy (non-hydrogen) atoms. The maximum Gasteiger partial charge on any atom is 0.341 e. The van der Waals surface area contributed by atoms with Crippen molar-refractivity contribution in [2.45, 2.75) is 6.92 Å². The van der Waals surface area contributed by atoms with Crippen molar-refractivity contribution >= 4 is 11.9 Å². The van der Waals surface area contributed by atoms with Crippen LogP contribution in [-0.2, 0) is 4.74 Å². The number of carbonyl (C=O) groups is 2. The Morgan fingerprint density at radius 3 is 2.64 bits per heavy atom. The van der Waals surface area contributed by atoms with Crippen molar-refractivity contribution in [1.29, 1.82) is 0 Å². The summed E-state index contributed by atoms with van der Waals surface area (Å²) in [5.41, 5.74) is 0.270. The summed E-state index contributed by atoms with van der Waals surface area (Å²) in [5, 5.41) is 2.39. The van der Waals surface area contributed by atoms with Crippen LogP contribution in [-0.4, -0.2) is 26.0 Å². The van der Waals surface area contributed by atoms with Gasteiger partial charge in [0.05, 0.1) is 7.11 Å². The Balaban J connectivity index is 3.05. The van der Waals surface area contributed by atoms with E-state index in [1.54, 1.807) is 6.92 Å². The minimum Gasteiger partial charge on any atom is -0.465 e. The van der Waals surface area contributed by atoms with Crippen molar-refractivity contribution in [3.05, 3.63) is 23.2 Å². The lowest BCUT2D eigenvalue weighted by Crippen LogP contribution is -2.16. The minimum absolute atomic E-state index is 0.102. The molecule has 5 nitrogen and oxygen atoms in total. The van der Waals surface area contributed by atoms with Crippen LogP contribution in [0.1, 0.15) is 26.7 Å². The molecule has 0 aliphatic carbocycles. The lowest BCUT2D eigenvalue weighted by molar-refractivity contribution is 0.0598. The summed E-state index contributed by atoms with van der Waals surface area (Å²) >= 11 is 0. The number of carbonyl (C=O) groups excluding carboxylic acids is 2. The monoisotopic (exact) mass is 197 g/mol. The Labute approximate surface area is 81.0 Å². The van der Waals surface area contributed by atoms with Gasteiger partial charge >= 0.3 is 5.97 Å². The largest absolute Gasteiger partial charge is 0.465 e. The van der Waals surface area contributed by atoms with Gasteiger partial charge in [0.25, 0.3) is 5.91 Å². The maximum atomic E-state index is 11.1. The third-order valence-electron chi connectivity index (χ3n) is 1.77. The van der Waals surface area contributed by atoms with E-state index in [9.17, 15) is 9.59 Å². The van der Waals surface area contributed by atoms with Crippen molar-refractivity contribution in [2.75, 3.05) is 14.2 Å². The molecule has 1 aromatic rings. The quantitative estimate of drug-likeness (QED) is 0.710. The van der Waals surface area contributed by atoms with Crippen LogP contribution >= 0.6 is 0 Å². The molecule has 1 aromatic heterocycles. The zero-order chi connectivity index (χ0) is 10.7. The number of esters is 1. The van der Waals surface area contributed by atoms with Gasteiger partial charge in [0, 0.05) is 13.1 Å². The fourth-order valence-corrected chi connectivity index (χ4v) is 1.03. The second kappa shape index (κ2) is 3.95. The number of hydrogen-bond donors (Lipinski definition) is 1. The number of nitrogens with one attached hydrogen (secondary N) is 1. The lowest BCUT2D eigenvalue weighted by atomic mass is 10.2. The van der Waals surface area contributed by atoms with Gasteiger partial charge in [0.1, 0.15) is 11.3 Å². The van der Waals surface area contributed by atoms with Crippen LogP contribution in [0, 0.1) is 6.92 Å². The van der Waals surface area contributed by atoms with Gasteiger partial charge in [-0.2, -0.15) is 0 Å². The average Bonchev–Trinajstić information content (AvgIpc) is 2.58. The van der Waals surface area contributed by atoms with E-state index in [0.717, 1.165) is 0 Å². The van der Waals surface area contributed by atoms with E-state index in [2.05, 4.69) is 10.1 Å². The van der Waals surface area contributed by atoms with E-state index in [1.165, 1.54) is 20.2 Å². The van der Waals surface area contributed by atoms with Gasteiger partial charge in [0.2, 0.25) is 0 Å². The highest BCUT2D eigenvalue weighted by molar-refractivity contribution is 5.96. The smallest absolute Gasteiger partial charge is 0.341 e. The molecular formula is C9H11NO4. The number of amides is 1. The first-order valence-electron chi connectivity index (χ1n) is 4.01. The lowest BCUT2D eigenvalue weighted by Gasteiger charge is -1.93. The zero-order valence-electron chi connectivity index (χ0n) is 8.21. The van der Waals surface area contributed by atoms with Gasteiger partial charge in [-0.1, -0.05) is 0 Å². The Morgan fingerprint density at radius 1 is 1.50 bits per heavy atom. The van der Waals surface area contributed by atoms with Crippen molar-refractivity contribution in [3.63, 3.8) is 0 Å². The molecular weight excluding hydrogens is 186 g/mol. The highest BCUT2D eigenvalue weighted by Crippen LogP contribution is 2.15. The second-order valence-corrected chi connectivity index (χ2v) is 2.65. The number of furan rings is 1. The standard InChI is InChI=1S/C9H11NO4/c1-5-6(9(12)13-3)4-7(14-5)8(11)10-2/h4H,1-3H3,(H,10,11). The molecule has 5 heteroatoms. The van der Waals surface area contributed by atoms with Gasteiger partial charge in [-0.05, 0) is 6.92 Å². The summed E-state index contributed by atoms with van der Waals surface area (Å²) in [6.45, 7) is 1.60. The van der Waals surface area contributed by atoms with E-state index < -0.39 is 5.97 Å². The first-order valence-corrected chi connectivity index (χ1v) is 4.01. The topological polar surface area (TPSA) is 68.5 Å². The number of rotatable bonds is 2. The number of aryl methyl sites for hydroxylation is 1. The molecule has 0 saturated carbocycles. The summed E-state index contributed by atoms with van der Waals surface area (Å²) in [4.78, 5) is 22.3. The van der Waals surface area contributed by atoms with Gasteiger partial charge in [-0.25, -0.2) is 4.79 Å². The van der Waals surface area contributed by atoms with Crippen LogP contribution in [0.2, 0.25) is 0 Å². The highest BCUT2D eigenvalue weighted by atomic mass is 16.5. The molecule has 0 spiro atoms. The van der Waals surface area contributed by atoms with Gasteiger partial charge in [-0.3, -0.25) is 4.79 Å². The maximum absolute atomic E-state index is 11.1. The van der Waals surface area contributed by atoms with Crippen LogP contribution in [0.4, 0.5) is 0 Å². The number of methoxy groups -OCH3 is 1. The zero-order valence-corrected chi connectivity index (χ0v) is 8.21. The summed E-state index contributed by atoms with van der Waals surface area (Å²) in [6.07, 6.45) is 0. The summed E-state index contributed by atoms with van der Waals surface area (Å²) < 4.78 is 9.59. The molecule has 0 aromatic carbocycles. The normalized spacial score (nSPS) is 9.64. The van der Waals surface area contributed by atoms with E-state index in [0.29, 0.717) is 5.76 Å². The van der Waals surface area contributed by atoms with Crippen molar-refractivity contribution in [2.24, 2.45) is 0 Å². The Bertz CT molecular complexity index is 367. The highest BCUT2D eigenvalue weighted by Gasteiger charge is 2.18. The molecule has 0 aliphatic heterocycles. The molecule has 1 amide bonds. The van der Waals surface area contributed by atoms with Crippen LogP contribution in [0.15, 0.2) is 10.5 Å². The predicted octanol–water partition coefficient (Wildman–Crippen LogP) is 0.734. The third kappa shape index (κ3) is 1.76. The summed E-state index contributed by atoms with van der Waals surface area (Å²) in [6, 6.07) is 1.36. The molecule has 0 radical (unpaired) electrons. The molecule has 0 saturated heterocycles. The van der Waals surface area contributed by atoms with E-state index >= 15 is 0 Å². The molecule has 0 fully saturated rings. The molecule has 0 bridgehead atoms. The molecule has 1 rings (SSSR count). The van der Waals surface area contributed by atoms with Crippen molar-refractivity contribution < 1.29 is 18.7 Å². The SMILES string of the molecule is CNC(=O)c1cc(C(=O)OC)c(C)o1. The third-order valence-corrected chi connectivity index (χ3v) is 1.77. The number of ether oxygens (including phenoxy) is 1. The van der Waals surface area contributed by atoms with Crippen LogP contribution < -0.4 is 5.32 Å². The minimum atomic E-state index is -0.513. The summed E-state index contributed by atoms with van der Waals surface area (Å²) in [5.74, 6) is -0.412. The Morgan fingerprint density at radius 2 is 2.14 bits per heavy atom. The summed E-state index contributed by atoms with van der Waals surface area (Å²) in [7, 11) is 2.76. The molecule has 0 unspecified atom stereocenters. The fourth-order valence-electron chi connectivity index (χ4n) is 1.03. The second-order valence-electron chi connectivity index (χ2n) is 2.65. The average molecular weight is 197 g/mol. The van der Waals surface area contributed by atoms with Gasteiger partial charge in [-0.15, -0.1) is 0 Å². The van der Waals surface area contributed by atoms with Crippen molar-refractivity contribution in [1.82, 2.24) is 5.32 Å². The van der Waals surface area contributed by atoms with E-state index in [4.69, 9.17) is 4.42 Å². The fraction of sp³-hybridized carbons (Fsp3) is 0.333. The first kappa shape index (κ1) is 10.3. The van der Waals surface area contributed by atoms with E-state index in [1.807, 2.05) is 0 Å². The van der Waals surface area contributed by atoms with Crippen LogP contribution in [0.5, 0.6) is 0 Å². The van der Waals surface area contributed by atoms with Crippen LogP contribution in [0.25, 0.3) is 0 Å². The number of hydrogen-bond acceptors (Lipinski definition) is 4. The molecule has 76 valence electrons. The Hall–Kier alpha value is -1.78. The molecule has 1 N–H and O–H groups in total. The molecule has 1 heterocycles. The molecule has 0 aliphatic rings. The van der Waals surface area contributed by atoms with Crippen molar-refractivity contribution in [3.8, 4) is 0 Å². The van der Waals surface area contributed by atoms with Gasteiger partial charge in [0.15, 0.2) is 5.76 Å². The van der Waals surface area contributed by atoms with E-state index in [-0.39, 0.29) is 17.2 Å². The van der Waals surface area contributed by atoms with Crippen LogP contribution in [0.3, 0.4) is 0 Å². The Kier molecular flexibility index (Phi) is 2.91.